The standard InChI is InChI=1S/C68H132O17P2/c1-9-61(8)47-39-31-26-27-33-41-49-66(71)79-55-64(85-68(73)51-43-35-24-18-17-21-29-37-45-59(4)5)57-83-87(76,77)81-53-62(69)52-80-86(74,75)82-56-63(54-78-65(70)48-40-32-25-19-22-30-38-46-60(6)7)84-67(72)50-42-34-23-16-14-12-10-11-13-15-20-28-36-44-58(2)3/h58-64,69H,9-57H2,1-8H3,(H,74,75)(H,76,77)/t61?,62?,63-,64-/m1/s1. The number of rotatable bonds is 65. The SMILES string of the molecule is CCC(C)CCCCCCCCC(=O)OC[C@H](COP(=O)(O)OCC(O)COP(=O)(O)OC[C@@H](COC(=O)CCCCCCCCCC(C)C)OC(=O)CCCCCCCCCCCCCCCC(C)C)OC(=O)CCCCCCCCCCC(C)C. The summed E-state index contributed by atoms with van der Waals surface area (Å²) in [4.78, 5) is 72.4. The average Bonchev–Trinajstić information content (AvgIpc) is 3.67. The van der Waals surface area contributed by atoms with Crippen LogP contribution >= 0.6 is 15.6 Å². The average molecular weight is 1280 g/mol. The second-order valence-electron chi connectivity index (χ2n) is 26.2. The zero-order valence-corrected chi connectivity index (χ0v) is 58.4. The number of aliphatic hydroxyl groups excluding tert-OH is 1. The summed E-state index contributed by atoms with van der Waals surface area (Å²) in [5.74, 6) is 0.805. The lowest BCUT2D eigenvalue weighted by Gasteiger charge is -2.21. The Hall–Kier alpha value is -1.94. The van der Waals surface area contributed by atoms with Crippen molar-refractivity contribution in [1.29, 1.82) is 0 Å². The molecule has 0 rings (SSSR count). The third kappa shape index (κ3) is 61.3. The van der Waals surface area contributed by atoms with Crippen LogP contribution in [-0.4, -0.2) is 96.7 Å². The van der Waals surface area contributed by atoms with Gasteiger partial charge in [0.1, 0.15) is 19.3 Å². The predicted molar refractivity (Wildman–Crippen MR) is 349 cm³/mol. The molecule has 0 bridgehead atoms. The highest BCUT2D eigenvalue weighted by Gasteiger charge is 2.30. The maximum absolute atomic E-state index is 13.0. The molecule has 19 heteroatoms. The normalized spacial score (nSPS) is 14.6. The van der Waals surface area contributed by atoms with Crippen LogP contribution in [0.5, 0.6) is 0 Å². The molecule has 0 amide bonds. The Bertz CT molecular complexity index is 1730. The van der Waals surface area contributed by atoms with Gasteiger partial charge in [0.05, 0.1) is 26.4 Å². The first kappa shape index (κ1) is 85.1. The van der Waals surface area contributed by atoms with Crippen LogP contribution in [0.2, 0.25) is 0 Å². The maximum Gasteiger partial charge on any atom is 0.472 e. The van der Waals surface area contributed by atoms with E-state index in [0.717, 1.165) is 120 Å². The van der Waals surface area contributed by atoms with E-state index in [1.54, 1.807) is 0 Å². The van der Waals surface area contributed by atoms with E-state index < -0.39 is 97.5 Å². The fourth-order valence-corrected chi connectivity index (χ4v) is 11.7. The predicted octanol–water partition coefficient (Wildman–Crippen LogP) is 18.9. The summed E-state index contributed by atoms with van der Waals surface area (Å²) in [6.45, 7) is 14.0. The lowest BCUT2D eigenvalue weighted by atomic mass is 10.00. The van der Waals surface area contributed by atoms with Gasteiger partial charge in [-0.25, -0.2) is 9.13 Å². The molecule has 6 atom stereocenters. The molecule has 0 saturated heterocycles. The van der Waals surface area contributed by atoms with Crippen molar-refractivity contribution in [2.45, 2.75) is 350 Å². The van der Waals surface area contributed by atoms with Crippen LogP contribution < -0.4 is 0 Å². The van der Waals surface area contributed by atoms with Crippen molar-refractivity contribution >= 4 is 39.5 Å². The van der Waals surface area contributed by atoms with E-state index in [4.69, 9.17) is 37.0 Å². The van der Waals surface area contributed by atoms with Crippen LogP contribution in [0.3, 0.4) is 0 Å². The number of aliphatic hydroxyl groups is 1. The second kappa shape index (κ2) is 57.9. The van der Waals surface area contributed by atoms with E-state index in [0.29, 0.717) is 31.6 Å². The fourth-order valence-electron chi connectivity index (χ4n) is 10.1. The Morgan fingerprint density at radius 2 is 0.552 bits per heavy atom. The minimum atomic E-state index is -4.95. The molecular formula is C68H132O17P2. The number of phosphoric ester groups is 2. The Balaban J connectivity index is 5.24. The molecule has 87 heavy (non-hydrogen) atoms. The first-order chi connectivity index (χ1) is 41.6. The Morgan fingerprint density at radius 1 is 0.322 bits per heavy atom. The van der Waals surface area contributed by atoms with Gasteiger partial charge in [-0.3, -0.25) is 37.3 Å². The molecule has 17 nitrogen and oxygen atoms in total. The van der Waals surface area contributed by atoms with Crippen LogP contribution in [0.25, 0.3) is 0 Å². The summed E-state index contributed by atoms with van der Waals surface area (Å²) in [6, 6.07) is 0. The van der Waals surface area contributed by atoms with Crippen LogP contribution in [0, 0.1) is 23.7 Å². The number of hydrogen-bond donors (Lipinski definition) is 3. The lowest BCUT2D eigenvalue weighted by Crippen LogP contribution is -2.30. The van der Waals surface area contributed by atoms with Gasteiger partial charge in [0.25, 0.3) is 0 Å². The summed E-state index contributed by atoms with van der Waals surface area (Å²) < 4.78 is 68.2. The van der Waals surface area contributed by atoms with Gasteiger partial charge >= 0.3 is 39.5 Å². The summed E-state index contributed by atoms with van der Waals surface area (Å²) >= 11 is 0. The lowest BCUT2D eigenvalue weighted by molar-refractivity contribution is -0.161. The van der Waals surface area contributed by atoms with Gasteiger partial charge in [0, 0.05) is 25.7 Å². The highest BCUT2D eigenvalue weighted by Crippen LogP contribution is 2.45. The first-order valence-electron chi connectivity index (χ1n) is 35.2. The monoisotopic (exact) mass is 1280 g/mol. The molecule has 0 aromatic rings. The molecule has 0 saturated carbocycles. The summed E-state index contributed by atoms with van der Waals surface area (Å²) in [5, 5.41) is 10.6. The summed E-state index contributed by atoms with van der Waals surface area (Å²) in [6.07, 6.45) is 39.1. The summed E-state index contributed by atoms with van der Waals surface area (Å²) in [7, 11) is -9.90. The van der Waals surface area contributed by atoms with E-state index in [-0.39, 0.29) is 25.7 Å². The zero-order valence-electron chi connectivity index (χ0n) is 56.6. The molecule has 0 aromatic carbocycles. The van der Waals surface area contributed by atoms with Crippen LogP contribution in [0.15, 0.2) is 0 Å². The van der Waals surface area contributed by atoms with Crippen molar-refractivity contribution in [2.75, 3.05) is 39.6 Å². The van der Waals surface area contributed by atoms with Gasteiger partial charge in [0.15, 0.2) is 12.2 Å². The van der Waals surface area contributed by atoms with Gasteiger partial charge in [-0.15, -0.1) is 0 Å². The number of carbonyl (C=O) groups excluding carboxylic acids is 4. The Morgan fingerprint density at radius 3 is 0.816 bits per heavy atom. The number of ether oxygens (including phenoxy) is 4. The first-order valence-corrected chi connectivity index (χ1v) is 38.2. The Kier molecular flexibility index (Phi) is 56.6. The van der Waals surface area contributed by atoms with Crippen LogP contribution in [0.4, 0.5) is 0 Å². The third-order valence-electron chi connectivity index (χ3n) is 15.9. The molecule has 4 unspecified atom stereocenters. The molecule has 0 aliphatic carbocycles. The molecule has 3 N–H and O–H groups in total. The van der Waals surface area contributed by atoms with Crippen molar-refractivity contribution in [2.24, 2.45) is 23.7 Å². The number of esters is 4. The van der Waals surface area contributed by atoms with Gasteiger partial charge in [-0.2, -0.15) is 0 Å². The second-order valence-corrected chi connectivity index (χ2v) is 29.1. The number of phosphoric acid groups is 2. The van der Waals surface area contributed by atoms with E-state index >= 15 is 0 Å². The van der Waals surface area contributed by atoms with Gasteiger partial charge < -0.3 is 33.8 Å². The molecule has 0 aliphatic rings. The third-order valence-corrected chi connectivity index (χ3v) is 17.8. The fraction of sp³-hybridized carbons (Fsp3) is 0.941. The van der Waals surface area contributed by atoms with Crippen molar-refractivity contribution in [3.8, 4) is 0 Å². The Labute approximate surface area is 530 Å². The minimum absolute atomic E-state index is 0.103. The number of carbonyl (C=O) groups is 4. The van der Waals surface area contributed by atoms with Crippen LogP contribution in [-0.2, 0) is 65.4 Å². The molecular weight excluding hydrogens is 1150 g/mol. The van der Waals surface area contributed by atoms with Crippen molar-refractivity contribution < 1.29 is 80.2 Å². The molecule has 0 fully saturated rings. The van der Waals surface area contributed by atoms with E-state index in [1.165, 1.54) is 122 Å². The maximum atomic E-state index is 13.0. The number of hydrogen-bond acceptors (Lipinski definition) is 15. The molecule has 0 aliphatic heterocycles. The van der Waals surface area contributed by atoms with Gasteiger partial charge in [-0.1, -0.05) is 280 Å². The van der Waals surface area contributed by atoms with Crippen LogP contribution in [0.1, 0.15) is 331 Å². The van der Waals surface area contributed by atoms with Crippen molar-refractivity contribution in [3.63, 3.8) is 0 Å². The topological polar surface area (TPSA) is 237 Å². The van der Waals surface area contributed by atoms with Gasteiger partial charge in [-0.05, 0) is 49.4 Å². The van der Waals surface area contributed by atoms with Crippen molar-refractivity contribution in [1.82, 2.24) is 0 Å². The largest absolute Gasteiger partial charge is 0.472 e. The molecule has 516 valence electrons. The smallest absolute Gasteiger partial charge is 0.462 e. The van der Waals surface area contributed by atoms with Gasteiger partial charge in [0.2, 0.25) is 0 Å². The summed E-state index contributed by atoms with van der Waals surface area (Å²) in [5.41, 5.74) is 0. The molecule has 0 radical (unpaired) electrons. The van der Waals surface area contributed by atoms with E-state index in [1.807, 2.05) is 0 Å². The minimum Gasteiger partial charge on any atom is -0.462 e. The highest BCUT2D eigenvalue weighted by molar-refractivity contribution is 7.47. The molecule has 0 spiro atoms. The quantitative estimate of drug-likeness (QED) is 0.0222. The number of unbranched alkanes of at least 4 members (excludes halogenated alkanes) is 30. The van der Waals surface area contributed by atoms with Crippen molar-refractivity contribution in [3.05, 3.63) is 0 Å². The molecule has 0 heterocycles. The zero-order chi connectivity index (χ0) is 64.7. The highest BCUT2D eigenvalue weighted by atomic mass is 31.2. The van der Waals surface area contributed by atoms with E-state index in [9.17, 15) is 43.2 Å². The van der Waals surface area contributed by atoms with E-state index in [2.05, 4.69) is 55.4 Å². The molecule has 0 aromatic heterocycles.